The summed E-state index contributed by atoms with van der Waals surface area (Å²) < 4.78 is 0. The van der Waals surface area contributed by atoms with Crippen LogP contribution in [0.2, 0.25) is 0 Å². The van der Waals surface area contributed by atoms with Gasteiger partial charge in [-0.2, -0.15) is 0 Å². The lowest BCUT2D eigenvalue weighted by Gasteiger charge is -2.11. The third-order valence-corrected chi connectivity index (χ3v) is 2.62. The van der Waals surface area contributed by atoms with Crippen molar-refractivity contribution in [1.29, 1.82) is 0 Å². The van der Waals surface area contributed by atoms with E-state index in [1.165, 1.54) is 0 Å². The fourth-order valence-electron chi connectivity index (χ4n) is 1.67. The van der Waals surface area contributed by atoms with E-state index in [-0.39, 0.29) is 0 Å². The minimum Gasteiger partial charge on any atom is -0.508 e. The Bertz CT molecular complexity index is 500. The molecule has 3 nitrogen and oxygen atoms in total. The number of rotatable bonds is 4. The van der Waals surface area contributed by atoms with Crippen molar-refractivity contribution in [2.24, 2.45) is 0 Å². The van der Waals surface area contributed by atoms with Gasteiger partial charge in [-0.3, -0.25) is 0 Å². The van der Waals surface area contributed by atoms with Gasteiger partial charge in [0.15, 0.2) is 0 Å². The quantitative estimate of drug-likeness (QED) is 0.744. The van der Waals surface area contributed by atoms with Gasteiger partial charge in [0.1, 0.15) is 5.75 Å². The number of benzene rings is 2. The average Bonchev–Trinajstić information content (AvgIpc) is 2.49. The van der Waals surface area contributed by atoms with Gasteiger partial charge in [0, 0.05) is 13.6 Å². The van der Waals surface area contributed by atoms with E-state index in [2.05, 4.69) is 28.7 Å². The Hall–Kier alpha value is -2.07. The Morgan fingerprint density at radius 3 is 2.16 bits per heavy atom. The number of para-hydroxylation sites is 2. The van der Waals surface area contributed by atoms with Crippen LogP contribution in [0.5, 0.6) is 5.75 Å². The van der Waals surface area contributed by atoms with E-state index in [4.69, 9.17) is 0 Å². The number of phenols is 1. The number of phenolic OH excluding ortho intramolecular Hbond substituents is 1. The largest absolute Gasteiger partial charge is 0.508 e. The predicted molar refractivity (Wildman–Crippen MR) is 86.1 cm³/mol. The normalized spacial score (nSPS) is 9.11. The highest BCUT2D eigenvalue weighted by Crippen LogP contribution is 2.21. The first-order valence-corrected chi connectivity index (χ1v) is 6.45. The first kappa shape index (κ1) is 15.0. The van der Waals surface area contributed by atoms with E-state index in [0.717, 1.165) is 23.5 Å². The minimum atomic E-state index is 0.296. The second-order valence-corrected chi connectivity index (χ2v) is 3.82. The fourth-order valence-corrected chi connectivity index (χ4v) is 1.67. The van der Waals surface area contributed by atoms with Crippen LogP contribution in [0.25, 0.3) is 0 Å². The summed E-state index contributed by atoms with van der Waals surface area (Å²) >= 11 is 3.83. The molecule has 19 heavy (non-hydrogen) atoms. The van der Waals surface area contributed by atoms with Crippen LogP contribution in [0, 0.1) is 0 Å². The number of nitrogens with one attached hydrogen (secondary N) is 2. The molecule has 0 saturated carbocycles. The first-order valence-electron chi connectivity index (χ1n) is 5.87. The maximum Gasteiger partial charge on any atom is 0.115 e. The second-order valence-electron chi connectivity index (χ2n) is 3.82. The summed E-state index contributed by atoms with van der Waals surface area (Å²) in [7, 11) is 1.90. The third kappa shape index (κ3) is 4.60. The molecule has 0 aromatic heterocycles. The highest BCUT2D eigenvalue weighted by Gasteiger charge is 1.99. The standard InChI is InChI=1S/C14H16N2O.CH2S/c1-15-13-4-2-3-5-14(13)16-10-11-6-8-12(17)9-7-11;1-2/h2-9,15-17H,10H2,1H3;1H2. The second kappa shape index (κ2) is 8.11. The Labute approximate surface area is 119 Å². The molecule has 2 rings (SSSR count). The predicted octanol–water partition coefficient (Wildman–Crippen LogP) is 3.66. The van der Waals surface area contributed by atoms with E-state index in [1.54, 1.807) is 12.1 Å². The molecule has 0 unspecified atom stereocenters. The molecular formula is C15H18N2OS. The number of hydrogen-bond donors (Lipinski definition) is 3. The zero-order valence-corrected chi connectivity index (χ0v) is 11.7. The zero-order chi connectivity index (χ0) is 14.1. The summed E-state index contributed by atoms with van der Waals surface area (Å²) in [6, 6.07) is 15.3. The van der Waals surface area contributed by atoms with Gasteiger partial charge in [0.05, 0.1) is 11.4 Å². The number of anilines is 2. The minimum absolute atomic E-state index is 0.296. The fraction of sp³-hybridized carbons (Fsp3) is 0.133. The molecule has 0 aliphatic rings. The van der Waals surface area contributed by atoms with Gasteiger partial charge in [-0.1, -0.05) is 36.5 Å². The zero-order valence-electron chi connectivity index (χ0n) is 10.9. The maximum absolute atomic E-state index is 9.19. The van der Waals surface area contributed by atoms with Crippen molar-refractivity contribution in [1.82, 2.24) is 0 Å². The van der Waals surface area contributed by atoms with Gasteiger partial charge in [0.25, 0.3) is 0 Å². The Morgan fingerprint density at radius 2 is 1.58 bits per heavy atom. The Balaban J connectivity index is 0.000000861. The van der Waals surface area contributed by atoms with Gasteiger partial charge in [-0.25, -0.2) is 0 Å². The number of thiocarbonyl (C=S) groups is 1. The van der Waals surface area contributed by atoms with Crippen molar-refractivity contribution < 1.29 is 5.11 Å². The summed E-state index contributed by atoms with van der Waals surface area (Å²) in [4.78, 5) is 0. The average molecular weight is 274 g/mol. The lowest BCUT2D eigenvalue weighted by Crippen LogP contribution is -2.02. The first-order chi connectivity index (χ1) is 9.29. The number of hydrogen-bond acceptors (Lipinski definition) is 4. The molecule has 100 valence electrons. The van der Waals surface area contributed by atoms with Gasteiger partial charge < -0.3 is 15.7 Å². The monoisotopic (exact) mass is 274 g/mol. The van der Waals surface area contributed by atoms with E-state index in [9.17, 15) is 5.11 Å². The molecule has 2 aromatic rings. The molecule has 0 aliphatic heterocycles. The van der Waals surface area contributed by atoms with Crippen LogP contribution in [0.15, 0.2) is 48.5 Å². The van der Waals surface area contributed by atoms with Crippen LogP contribution in [-0.4, -0.2) is 18.0 Å². The van der Waals surface area contributed by atoms with E-state index in [1.807, 2.05) is 43.4 Å². The van der Waals surface area contributed by atoms with Crippen molar-refractivity contribution in [3.63, 3.8) is 0 Å². The van der Waals surface area contributed by atoms with Crippen molar-refractivity contribution in [3.05, 3.63) is 54.1 Å². The van der Waals surface area contributed by atoms with Crippen molar-refractivity contribution in [2.45, 2.75) is 6.54 Å². The molecule has 3 N–H and O–H groups in total. The van der Waals surface area contributed by atoms with Gasteiger partial charge in [-0.05, 0) is 35.7 Å². The van der Waals surface area contributed by atoms with Crippen molar-refractivity contribution in [3.8, 4) is 5.75 Å². The van der Waals surface area contributed by atoms with Crippen molar-refractivity contribution in [2.75, 3.05) is 17.7 Å². The molecule has 0 radical (unpaired) electrons. The molecule has 4 heteroatoms. The molecule has 0 aliphatic carbocycles. The van der Waals surface area contributed by atoms with Crippen LogP contribution in [0.4, 0.5) is 11.4 Å². The van der Waals surface area contributed by atoms with Crippen LogP contribution in [0.3, 0.4) is 0 Å². The lowest BCUT2D eigenvalue weighted by molar-refractivity contribution is 0.475. The van der Waals surface area contributed by atoms with Crippen LogP contribution in [-0.2, 0) is 6.54 Å². The van der Waals surface area contributed by atoms with Gasteiger partial charge >= 0.3 is 0 Å². The molecule has 0 fully saturated rings. The summed E-state index contributed by atoms with van der Waals surface area (Å²) in [5, 5.41) is 15.7. The molecule has 0 saturated heterocycles. The molecule has 0 heterocycles. The summed E-state index contributed by atoms with van der Waals surface area (Å²) in [6.07, 6.45) is 0. The highest BCUT2D eigenvalue weighted by molar-refractivity contribution is 7.77. The van der Waals surface area contributed by atoms with E-state index in [0.29, 0.717) is 5.75 Å². The van der Waals surface area contributed by atoms with Gasteiger partial charge in [0.2, 0.25) is 0 Å². The Kier molecular flexibility index (Phi) is 6.39. The summed E-state index contributed by atoms with van der Waals surface area (Å²) in [5.41, 5.74) is 3.28. The van der Waals surface area contributed by atoms with Gasteiger partial charge in [-0.15, -0.1) is 0 Å². The third-order valence-electron chi connectivity index (χ3n) is 2.62. The molecule has 0 amide bonds. The summed E-state index contributed by atoms with van der Waals surface area (Å²) in [6.45, 7) is 0.735. The van der Waals surface area contributed by atoms with E-state index >= 15 is 0 Å². The maximum atomic E-state index is 9.19. The topological polar surface area (TPSA) is 44.3 Å². The molecule has 0 spiro atoms. The number of aromatic hydroxyl groups is 1. The molecule has 2 aromatic carbocycles. The van der Waals surface area contributed by atoms with Crippen molar-refractivity contribution >= 4 is 29.5 Å². The highest BCUT2D eigenvalue weighted by atomic mass is 32.1. The van der Waals surface area contributed by atoms with Crippen LogP contribution >= 0.6 is 12.2 Å². The molecule has 0 atom stereocenters. The lowest BCUT2D eigenvalue weighted by atomic mass is 10.2. The van der Waals surface area contributed by atoms with Crippen LogP contribution in [0.1, 0.15) is 5.56 Å². The SMILES string of the molecule is C=S.CNc1ccccc1NCc1ccc(O)cc1. The molecular weight excluding hydrogens is 256 g/mol. The van der Waals surface area contributed by atoms with E-state index < -0.39 is 0 Å². The molecule has 0 bridgehead atoms. The van der Waals surface area contributed by atoms with Crippen LogP contribution < -0.4 is 10.6 Å². The summed E-state index contributed by atoms with van der Waals surface area (Å²) in [5.74, 6) is 3.13. The Morgan fingerprint density at radius 1 is 1.00 bits per heavy atom. The smallest absolute Gasteiger partial charge is 0.115 e.